The van der Waals surface area contributed by atoms with Crippen LogP contribution in [0.15, 0.2) is 48.7 Å². The first-order valence-corrected chi connectivity index (χ1v) is 10.3. The van der Waals surface area contributed by atoms with E-state index in [9.17, 15) is 22.0 Å². The van der Waals surface area contributed by atoms with Crippen LogP contribution in [0.3, 0.4) is 0 Å². The second-order valence-electron chi connectivity index (χ2n) is 6.98. The minimum Gasteiger partial charge on any atom is -0.350 e. The number of carbonyl (C=O) groups excluding carboxylic acids is 1. The fourth-order valence-corrected chi connectivity index (χ4v) is 4.51. The number of fused-ring (bicyclic) bond motifs is 1. The monoisotopic (exact) mass is 404 g/mol. The molecular formula is C20H18F2N2O3S. The lowest BCUT2D eigenvalue weighted by molar-refractivity contribution is 0.0981. The molecule has 3 aromatic rings. The van der Waals surface area contributed by atoms with Gasteiger partial charge in [-0.05, 0) is 30.5 Å². The topological polar surface area (TPSA) is 68.2 Å². The van der Waals surface area contributed by atoms with E-state index in [4.69, 9.17) is 0 Å². The summed E-state index contributed by atoms with van der Waals surface area (Å²) in [4.78, 5) is 12.4. The van der Waals surface area contributed by atoms with Crippen LogP contribution in [0.5, 0.6) is 0 Å². The molecule has 1 fully saturated rings. The molecule has 1 amide bonds. The summed E-state index contributed by atoms with van der Waals surface area (Å²) >= 11 is 0. The highest BCUT2D eigenvalue weighted by Gasteiger charge is 2.37. The Balaban J connectivity index is 1.68. The van der Waals surface area contributed by atoms with Crippen molar-refractivity contribution in [2.24, 2.45) is 7.05 Å². The summed E-state index contributed by atoms with van der Waals surface area (Å²) in [7, 11) is -1.81. The Morgan fingerprint density at radius 3 is 2.43 bits per heavy atom. The SMILES string of the molecule is Cn1cc(-c2ccc(C(F)F)cc2)c2ccc(C(=O)NS(=O)(=O)C3CC3)cc21. The molecule has 28 heavy (non-hydrogen) atoms. The lowest BCUT2D eigenvalue weighted by Gasteiger charge is -2.07. The van der Waals surface area contributed by atoms with Crippen LogP contribution in [0.4, 0.5) is 8.78 Å². The van der Waals surface area contributed by atoms with Crippen molar-refractivity contribution in [2.75, 3.05) is 0 Å². The number of aryl methyl sites for hydroxylation is 1. The van der Waals surface area contributed by atoms with Crippen LogP contribution in [0, 0.1) is 0 Å². The number of nitrogens with one attached hydrogen (secondary N) is 1. The molecule has 8 heteroatoms. The Morgan fingerprint density at radius 2 is 1.82 bits per heavy atom. The summed E-state index contributed by atoms with van der Waals surface area (Å²) in [5.74, 6) is -0.655. The highest BCUT2D eigenvalue weighted by molar-refractivity contribution is 7.91. The van der Waals surface area contributed by atoms with Gasteiger partial charge in [-0.2, -0.15) is 0 Å². The molecule has 2 aromatic carbocycles. The fourth-order valence-electron chi connectivity index (χ4n) is 3.21. The van der Waals surface area contributed by atoms with Crippen molar-refractivity contribution in [3.8, 4) is 11.1 Å². The molecule has 1 aliphatic rings. The van der Waals surface area contributed by atoms with Crippen molar-refractivity contribution >= 4 is 26.8 Å². The maximum Gasteiger partial charge on any atom is 0.264 e. The molecule has 5 nitrogen and oxygen atoms in total. The minimum absolute atomic E-state index is 0.0418. The van der Waals surface area contributed by atoms with Crippen molar-refractivity contribution in [1.29, 1.82) is 0 Å². The van der Waals surface area contributed by atoms with Crippen LogP contribution in [0.2, 0.25) is 0 Å². The van der Waals surface area contributed by atoms with Gasteiger partial charge >= 0.3 is 0 Å². The molecule has 1 heterocycles. The van der Waals surface area contributed by atoms with E-state index in [0.29, 0.717) is 12.8 Å². The molecule has 1 saturated carbocycles. The van der Waals surface area contributed by atoms with Gasteiger partial charge in [-0.25, -0.2) is 21.9 Å². The van der Waals surface area contributed by atoms with Crippen LogP contribution in [-0.4, -0.2) is 24.1 Å². The zero-order valence-electron chi connectivity index (χ0n) is 15.0. The first kappa shape index (κ1) is 18.6. The lowest BCUT2D eigenvalue weighted by Crippen LogP contribution is -2.33. The maximum atomic E-state index is 12.8. The summed E-state index contributed by atoms with van der Waals surface area (Å²) < 4.78 is 53.4. The van der Waals surface area contributed by atoms with Gasteiger partial charge in [0.1, 0.15) is 0 Å². The van der Waals surface area contributed by atoms with E-state index >= 15 is 0 Å². The molecule has 0 radical (unpaired) electrons. The number of hydrogen-bond acceptors (Lipinski definition) is 3. The Kier molecular flexibility index (Phi) is 4.45. The van der Waals surface area contributed by atoms with Gasteiger partial charge in [0.25, 0.3) is 12.3 Å². The summed E-state index contributed by atoms with van der Waals surface area (Å²) in [5.41, 5.74) is 2.57. The van der Waals surface area contributed by atoms with Crippen molar-refractivity contribution in [1.82, 2.24) is 9.29 Å². The van der Waals surface area contributed by atoms with E-state index in [1.165, 1.54) is 12.1 Å². The summed E-state index contributed by atoms with van der Waals surface area (Å²) in [5, 5.41) is 0.368. The molecule has 0 bridgehead atoms. The molecule has 0 aliphatic heterocycles. The standard InChI is InChI=1S/C20H18F2N2O3S/c1-24-11-17(12-2-4-13(5-3-12)19(21)22)16-9-6-14(10-18(16)24)20(25)23-28(26,27)15-7-8-15/h2-6,9-11,15,19H,7-8H2,1H3,(H,23,25). The lowest BCUT2D eigenvalue weighted by atomic mass is 10.0. The first-order chi connectivity index (χ1) is 13.3. The predicted molar refractivity (Wildman–Crippen MR) is 103 cm³/mol. The fraction of sp³-hybridized carbons (Fsp3) is 0.250. The quantitative estimate of drug-likeness (QED) is 0.699. The van der Waals surface area contributed by atoms with Crippen molar-refractivity contribution in [3.63, 3.8) is 0 Å². The number of hydrogen-bond donors (Lipinski definition) is 1. The average molecular weight is 404 g/mol. The molecule has 0 spiro atoms. The van der Waals surface area contributed by atoms with E-state index < -0.39 is 27.6 Å². The number of carbonyl (C=O) groups is 1. The van der Waals surface area contributed by atoms with Gasteiger partial charge in [0.05, 0.1) is 5.25 Å². The van der Waals surface area contributed by atoms with Crippen molar-refractivity contribution in [3.05, 3.63) is 59.8 Å². The Labute approximate surface area is 161 Å². The molecule has 0 atom stereocenters. The summed E-state index contributed by atoms with van der Waals surface area (Å²) in [6.45, 7) is 0. The van der Waals surface area contributed by atoms with Crippen molar-refractivity contribution < 1.29 is 22.0 Å². The number of benzene rings is 2. The summed E-state index contributed by atoms with van der Waals surface area (Å²) in [6, 6.07) is 11.0. The molecule has 4 rings (SSSR count). The number of sulfonamides is 1. The number of rotatable bonds is 5. The normalized spacial score (nSPS) is 14.6. The second-order valence-corrected chi connectivity index (χ2v) is 8.94. The van der Waals surface area contributed by atoms with E-state index in [1.807, 2.05) is 17.8 Å². The van der Waals surface area contributed by atoms with E-state index in [1.54, 1.807) is 30.3 Å². The molecule has 1 N–H and O–H groups in total. The number of halogens is 2. The van der Waals surface area contributed by atoms with Crippen molar-refractivity contribution in [2.45, 2.75) is 24.5 Å². The third-order valence-corrected chi connectivity index (χ3v) is 6.74. The van der Waals surface area contributed by atoms with Gasteiger partial charge in [-0.1, -0.05) is 30.3 Å². The number of nitrogens with zero attached hydrogens (tertiary/aromatic N) is 1. The van der Waals surface area contributed by atoms with Crippen LogP contribution in [-0.2, 0) is 17.1 Å². The molecular weight excluding hydrogens is 386 g/mol. The zero-order chi connectivity index (χ0) is 20.1. The Hall–Kier alpha value is -2.74. The van der Waals surface area contributed by atoms with Crippen LogP contribution in [0.25, 0.3) is 22.0 Å². The number of alkyl halides is 2. The van der Waals surface area contributed by atoms with E-state index in [2.05, 4.69) is 4.72 Å². The smallest absolute Gasteiger partial charge is 0.264 e. The van der Waals surface area contributed by atoms with E-state index in [-0.39, 0.29) is 11.1 Å². The van der Waals surface area contributed by atoms with Crippen LogP contribution >= 0.6 is 0 Å². The molecule has 1 aliphatic carbocycles. The first-order valence-electron chi connectivity index (χ1n) is 8.80. The number of aromatic nitrogens is 1. The third kappa shape index (κ3) is 3.40. The van der Waals surface area contributed by atoms with Crippen LogP contribution in [0.1, 0.15) is 35.2 Å². The molecule has 146 valence electrons. The average Bonchev–Trinajstić information content (AvgIpc) is 3.47. The van der Waals surface area contributed by atoms with Gasteiger partial charge in [-0.15, -0.1) is 0 Å². The second kappa shape index (κ2) is 6.70. The molecule has 1 aromatic heterocycles. The largest absolute Gasteiger partial charge is 0.350 e. The highest BCUT2D eigenvalue weighted by Crippen LogP contribution is 2.32. The summed E-state index contributed by atoms with van der Waals surface area (Å²) in [6.07, 6.45) is 0.486. The van der Waals surface area contributed by atoms with Crippen LogP contribution < -0.4 is 4.72 Å². The zero-order valence-corrected chi connectivity index (χ0v) is 15.8. The van der Waals surface area contributed by atoms with E-state index in [0.717, 1.165) is 22.0 Å². The Morgan fingerprint density at radius 1 is 1.14 bits per heavy atom. The van der Waals surface area contributed by atoms with Gasteiger partial charge in [0, 0.05) is 40.8 Å². The van der Waals surface area contributed by atoms with Gasteiger partial charge in [0.15, 0.2) is 0 Å². The minimum atomic E-state index is -3.61. The highest BCUT2D eigenvalue weighted by atomic mass is 32.2. The van der Waals surface area contributed by atoms with Gasteiger partial charge < -0.3 is 4.57 Å². The van der Waals surface area contributed by atoms with Gasteiger partial charge in [-0.3, -0.25) is 4.79 Å². The van der Waals surface area contributed by atoms with Gasteiger partial charge in [0.2, 0.25) is 10.0 Å². The predicted octanol–water partition coefficient (Wildman–Crippen LogP) is 4.00. The third-order valence-electron chi connectivity index (χ3n) is 4.92. The molecule has 0 unspecified atom stereocenters. The molecule has 0 saturated heterocycles. The Bertz CT molecular complexity index is 1160. The number of amides is 1. The maximum absolute atomic E-state index is 12.8.